The first-order chi connectivity index (χ1) is 8.49. The number of hydrogen-bond donors (Lipinski definition) is 3. The lowest BCUT2D eigenvalue weighted by molar-refractivity contribution is -0.141. The summed E-state index contributed by atoms with van der Waals surface area (Å²) in [6, 6.07) is -1.29. The van der Waals surface area contributed by atoms with Gasteiger partial charge >= 0.3 is 12.0 Å². The van der Waals surface area contributed by atoms with E-state index in [-0.39, 0.29) is 19.0 Å². The van der Waals surface area contributed by atoms with Gasteiger partial charge in [0.25, 0.3) is 0 Å². The SMILES string of the molecule is CC(CNC(=O)N1C[C@H](O)C[C@@H]1C(=O)O)C1CC1. The van der Waals surface area contributed by atoms with Crippen LogP contribution in [0.2, 0.25) is 0 Å². The van der Waals surface area contributed by atoms with Gasteiger partial charge in [0, 0.05) is 19.5 Å². The molecule has 0 bridgehead atoms. The molecule has 1 saturated heterocycles. The number of amides is 2. The molecule has 6 nitrogen and oxygen atoms in total. The van der Waals surface area contributed by atoms with Crippen LogP contribution in [-0.2, 0) is 4.79 Å². The molecule has 3 atom stereocenters. The highest BCUT2D eigenvalue weighted by molar-refractivity contribution is 5.83. The van der Waals surface area contributed by atoms with E-state index < -0.39 is 18.1 Å². The van der Waals surface area contributed by atoms with E-state index in [1.165, 1.54) is 17.7 Å². The van der Waals surface area contributed by atoms with Crippen molar-refractivity contribution in [3.8, 4) is 0 Å². The summed E-state index contributed by atoms with van der Waals surface area (Å²) in [4.78, 5) is 24.1. The van der Waals surface area contributed by atoms with Crippen molar-refractivity contribution in [2.75, 3.05) is 13.1 Å². The monoisotopic (exact) mass is 256 g/mol. The maximum absolute atomic E-state index is 11.9. The molecule has 2 fully saturated rings. The van der Waals surface area contributed by atoms with E-state index in [9.17, 15) is 14.7 Å². The quantitative estimate of drug-likeness (QED) is 0.673. The normalized spacial score (nSPS) is 29.1. The highest BCUT2D eigenvalue weighted by Gasteiger charge is 2.39. The van der Waals surface area contributed by atoms with Gasteiger partial charge in [-0.3, -0.25) is 0 Å². The van der Waals surface area contributed by atoms with Gasteiger partial charge in [-0.05, 0) is 24.7 Å². The van der Waals surface area contributed by atoms with E-state index in [4.69, 9.17) is 5.11 Å². The number of urea groups is 1. The number of rotatable bonds is 4. The van der Waals surface area contributed by atoms with Crippen molar-refractivity contribution >= 4 is 12.0 Å². The molecule has 2 amide bonds. The van der Waals surface area contributed by atoms with Crippen LogP contribution in [0.25, 0.3) is 0 Å². The van der Waals surface area contributed by atoms with E-state index in [2.05, 4.69) is 12.2 Å². The van der Waals surface area contributed by atoms with E-state index in [1.54, 1.807) is 0 Å². The van der Waals surface area contributed by atoms with Crippen LogP contribution in [0.15, 0.2) is 0 Å². The summed E-state index contributed by atoms with van der Waals surface area (Å²) in [5, 5.41) is 21.2. The Morgan fingerprint density at radius 3 is 2.67 bits per heavy atom. The minimum Gasteiger partial charge on any atom is -0.480 e. The summed E-state index contributed by atoms with van der Waals surface area (Å²) in [6.07, 6.45) is 1.81. The van der Waals surface area contributed by atoms with Crippen molar-refractivity contribution in [1.82, 2.24) is 10.2 Å². The number of aliphatic carboxylic acids is 1. The van der Waals surface area contributed by atoms with Gasteiger partial charge in [0.15, 0.2) is 0 Å². The molecule has 2 aliphatic rings. The molecule has 102 valence electrons. The standard InChI is InChI=1S/C12H20N2O4/c1-7(8-2-3-8)5-13-12(18)14-6-9(15)4-10(14)11(16)17/h7-10,15H,2-6H2,1H3,(H,13,18)(H,16,17)/t7?,9-,10-/m1/s1. The predicted octanol–water partition coefficient (Wildman–Crippen LogP) is 0.262. The van der Waals surface area contributed by atoms with Crippen LogP contribution in [0, 0.1) is 11.8 Å². The highest BCUT2D eigenvalue weighted by atomic mass is 16.4. The molecule has 1 aliphatic heterocycles. The molecular weight excluding hydrogens is 236 g/mol. The van der Waals surface area contributed by atoms with Crippen LogP contribution in [-0.4, -0.2) is 52.3 Å². The fraction of sp³-hybridized carbons (Fsp3) is 0.833. The van der Waals surface area contributed by atoms with Crippen LogP contribution < -0.4 is 5.32 Å². The fourth-order valence-electron chi connectivity index (χ4n) is 2.45. The van der Waals surface area contributed by atoms with E-state index >= 15 is 0 Å². The zero-order valence-corrected chi connectivity index (χ0v) is 10.5. The third kappa shape index (κ3) is 2.93. The lowest BCUT2D eigenvalue weighted by Gasteiger charge is -2.22. The number of nitrogens with zero attached hydrogens (tertiary/aromatic N) is 1. The van der Waals surface area contributed by atoms with Crippen LogP contribution in [0.1, 0.15) is 26.2 Å². The second-order valence-electron chi connectivity index (χ2n) is 5.40. The molecule has 0 radical (unpaired) electrons. The Kier molecular flexibility index (Phi) is 3.75. The second-order valence-corrected chi connectivity index (χ2v) is 5.40. The lowest BCUT2D eigenvalue weighted by Crippen LogP contribution is -2.47. The Labute approximate surface area is 106 Å². The molecule has 1 aliphatic carbocycles. The fourth-order valence-corrected chi connectivity index (χ4v) is 2.45. The molecule has 0 aromatic heterocycles. The first-order valence-electron chi connectivity index (χ1n) is 6.44. The van der Waals surface area contributed by atoms with Crippen molar-refractivity contribution in [2.45, 2.75) is 38.3 Å². The molecule has 0 aromatic carbocycles. The minimum atomic E-state index is -1.06. The summed E-state index contributed by atoms with van der Waals surface area (Å²) in [5.41, 5.74) is 0. The van der Waals surface area contributed by atoms with Crippen LogP contribution in [0.5, 0.6) is 0 Å². The molecule has 1 heterocycles. The molecule has 6 heteroatoms. The van der Waals surface area contributed by atoms with Crippen molar-refractivity contribution in [3.63, 3.8) is 0 Å². The Morgan fingerprint density at radius 1 is 1.44 bits per heavy atom. The molecule has 3 N–H and O–H groups in total. The average Bonchev–Trinajstić information content (AvgIpc) is 3.08. The first-order valence-corrected chi connectivity index (χ1v) is 6.44. The van der Waals surface area contributed by atoms with Crippen molar-refractivity contribution in [3.05, 3.63) is 0 Å². The summed E-state index contributed by atoms with van der Waals surface area (Å²) < 4.78 is 0. The lowest BCUT2D eigenvalue weighted by atomic mass is 10.1. The van der Waals surface area contributed by atoms with E-state index in [0.717, 1.165) is 0 Å². The molecule has 0 aromatic rings. The number of carboxylic acids is 1. The van der Waals surface area contributed by atoms with Crippen molar-refractivity contribution in [1.29, 1.82) is 0 Å². The third-order valence-electron chi connectivity index (χ3n) is 3.83. The van der Waals surface area contributed by atoms with Crippen LogP contribution >= 0.6 is 0 Å². The number of hydrogen-bond acceptors (Lipinski definition) is 3. The summed E-state index contributed by atoms with van der Waals surface area (Å²) in [7, 11) is 0. The highest BCUT2D eigenvalue weighted by Crippen LogP contribution is 2.36. The van der Waals surface area contributed by atoms with Gasteiger partial charge in [-0.2, -0.15) is 0 Å². The second kappa shape index (κ2) is 5.14. The smallest absolute Gasteiger partial charge is 0.326 e. The number of β-amino-alcohol motifs (C(OH)–C–C–N with tert-alkyl or cyclic N) is 1. The number of likely N-dealkylation sites (tertiary alicyclic amines) is 1. The zero-order valence-electron chi connectivity index (χ0n) is 10.5. The number of aliphatic hydroxyl groups is 1. The Balaban J connectivity index is 1.84. The largest absolute Gasteiger partial charge is 0.480 e. The maximum atomic E-state index is 11.9. The number of carboxylic acid groups (broad SMARTS) is 1. The van der Waals surface area contributed by atoms with E-state index in [1.807, 2.05) is 0 Å². The number of aliphatic hydroxyl groups excluding tert-OH is 1. The summed E-state index contributed by atoms with van der Waals surface area (Å²) >= 11 is 0. The molecular formula is C12H20N2O4. The maximum Gasteiger partial charge on any atom is 0.326 e. The predicted molar refractivity (Wildman–Crippen MR) is 64.0 cm³/mol. The molecule has 2 rings (SSSR count). The zero-order chi connectivity index (χ0) is 13.3. The number of carbonyl (C=O) groups is 2. The Bertz CT molecular complexity index is 343. The average molecular weight is 256 g/mol. The van der Waals surface area contributed by atoms with Gasteiger partial charge < -0.3 is 20.4 Å². The van der Waals surface area contributed by atoms with Gasteiger partial charge in [-0.15, -0.1) is 0 Å². The molecule has 1 saturated carbocycles. The Morgan fingerprint density at radius 2 is 2.11 bits per heavy atom. The van der Waals surface area contributed by atoms with Crippen LogP contribution in [0.3, 0.4) is 0 Å². The summed E-state index contributed by atoms with van der Waals surface area (Å²) in [5.74, 6) is 0.0754. The van der Waals surface area contributed by atoms with Crippen molar-refractivity contribution in [2.24, 2.45) is 11.8 Å². The van der Waals surface area contributed by atoms with Gasteiger partial charge in [-0.1, -0.05) is 6.92 Å². The molecule has 1 unspecified atom stereocenters. The summed E-state index contributed by atoms with van der Waals surface area (Å²) in [6.45, 7) is 2.76. The molecule has 0 spiro atoms. The first kappa shape index (κ1) is 13.1. The topological polar surface area (TPSA) is 89.9 Å². The van der Waals surface area contributed by atoms with Crippen LogP contribution in [0.4, 0.5) is 4.79 Å². The van der Waals surface area contributed by atoms with Gasteiger partial charge in [-0.25, -0.2) is 9.59 Å². The van der Waals surface area contributed by atoms with Gasteiger partial charge in [0.2, 0.25) is 0 Å². The number of nitrogens with one attached hydrogen (secondary N) is 1. The Hall–Kier alpha value is -1.30. The van der Waals surface area contributed by atoms with Crippen molar-refractivity contribution < 1.29 is 19.8 Å². The molecule has 18 heavy (non-hydrogen) atoms. The minimum absolute atomic E-state index is 0.0978. The third-order valence-corrected chi connectivity index (χ3v) is 3.83. The van der Waals surface area contributed by atoms with E-state index in [0.29, 0.717) is 18.4 Å². The number of carbonyl (C=O) groups excluding carboxylic acids is 1. The van der Waals surface area contributed by atoms with Gasteiger partial charge in [0.1, 0.15) is 6.04 Å². The van der Waals surface area contributed by atoms with Gasteiger partial charge in [0.05, 0.1) is 6.10 Å².